The summed E-state index contributed by atoms with van der Waals surface area (Å²) in [5.74, 6) is 0.389. The molecule has 0 radical (unpaired) electrons. The molecule has 0 spiro atoms. The Morgan fingerprint density at radius 3 is 2.65 bits per heavy atom. The van der Waals surface area contributed by atoms with E-state index in [2.05, 4.69) is 9.99 Å². The first kappa shape index (κ1) is 14.7. The Bertz CT molecular complexity index is 876. The standard InChI is InChI=1S/C16H12N2O5/c1-9-3-4-11(18(20)21)7-13(9)15-6-5-12(22-15)8-14-10(2)17-23-16(14)19/h3-8H,1-2H3/b14-8-. The number of rotatable bonds is 3. The molecule has 0 N–H and O–H groups in total. The zero-order chi connectivity index (χ0) is 16.6. The summed E-state index contributed by atoms with van der Waals surface area (Å²) in [6.07, 6.45) is 1.53. The lowest BCUT2D eigenvalue weighted by Gasteiger charge is -2.02. The van der Waals surface area contributed by atoms with E-state index in [1.807, 2.05) is 6.92 Å². The Hall–Kier alpha value is -3.22. The molecule has 2 heterocycles. The van der Waals surface area contributed by atoms with E-state index in [-0.39, 0.29) is 5.69 Å². The van der Waals surface area contributed by atoms with Crippen molar-refractivity contribution in [1.82, 2.24) is 0 Å². The van der Waals surface area contributed by atoms with Crippen LogP contribution in [0.2, 0.25) is 0 Å². The molecule has 7 heteroatoms. The van der Waals surface area contributed by atoms with Crippen LogP contribution in [0.15, 0.2) is 45.5 Å². The van der Waals surface area contributed by atoms with Gasteiger partial charge in [0.15, 0.2) is 0 Å². The lowest BCUT2D eigenvalue weighted by molar-refractivity contribution is -0.384. The van der Waals surface area contributed by atoms with Gasteiger partial charge < -0.3 is 9.25 Å². The van der Waals surface area contributed by atoms with E-state index in [0.29, 0.717) is 28.4 Å². The highest BCUT2D eigenvalue weighted by Crippen LogP contribution is 2.30. The molecule has 0 atom stereocenters. The number of furan rings is 1. The van der Waals surface area contributed by atoms with Crippen molar-refractivity contribution in [2.75, 3.05) is 0 Å². The summed E-state index contributed by atoms with van der Waals surface area (Å²) in [5, 5.41) is 14.5. The highest BCUT2D eigenvalue weighted by Gasteiger charge is 2.22. The average molecular weight is 312 g/mol. The van der Waals surface area contributed by atoms with E-state index < -0.39 is 10.9 Å². The fourth-order valence-electron chi connectivity index (χ4n) is 2.23. The fourth-order valence-corrected chi connectivity index (χ4v) is 2.23. The minimum atomic E-state index is -0.535. The average Bonchev–Trinajstić information content (AvgIpc) is 3.10. The van der Waals surface area contributed by atoms with Crippen LogP contribution in [0.5, 0.6) is 0 Å². The first-order valence-corrected chi connectivity index (χ1v) is 6.79. The molecule has 0 bridgehead atoms. The number of carbonyl (C=O) groups is 1. The van der Waals surface area contributed by atoms with E-state index in [0.717, 1.165) is 5.56 Å². The normalized spacial score (nSPS) is 15.7. The number of oxime groups is 1. The number of hydrogen-bond donors (Lipinski definition) is 0. The van der Waals surface area contributed by atoms with Crippen LogP contribution in [0, 0.1) is 17.0 Å². The van der Waals surface area contributed by atoms with Crippen molar-refractivity contribution >= 4 is 23.4 Å². The molecular formula is C16H12N2O5. The molecule has 3 rings (SSSR count). The number of nitro groups is 1. The first-order chi connectivity index (χ1) is 11.0. The number of carbonyl (C=O) groups excluding carboxylic acids is 1. The van der Waals surface area contributed by atoms with Gasteiger partial charge in [-0.05, 0) is 37.6 Å². The largest absolute Gasteiger partial charge is 0.457 e. The van der Waals surface area contributed by atoms with Gasteiger partial charge in [-0.1, -0.05) is 11.2 Å². The van der Waals surface area contributed by atoms with Crippen LogP contribution in [0.1, 0.15) is 18.2 Å². The summed E-state index contributed by atoms with van der Waals surface area (Å²) in [6.45, 7) is 3.50. The Morgan fingerprint density at radius 2 is 2.00 bits per heavy atom. The van der Waals surface area contributed by atoms with Crippen molar-refractivity contribution in [2.24, 2.45) is 5.16 Å². The number of non-ortho nitro benzene ring substituents is 1. The van der Waals surface area contributed by atoms with Crippen molar-refractivity contribution in [3.8, 4) is 11.3 Å². The Morgan fingerprint density at radius 1 is 1.22 bits per heavy atom. The monoisotopic (exact) mass is 312 g/mol. The number of nitrogens with zero attached hydrogens (tertiary/aromatic N) is 2. The molecule has 1 aliphatic rings. The Balaban J connectivity index is 1.98. The lowest BCUT2D eigenvalue weighted by Crippen LogP contribution is -2.01. The van der Waals surface area contributed by atoms with Gasteiger partial charge in [0.25, 0.3) is 5.69 Å². The highest BCUT2D eigenvalue weighted by molar-refractivity contribution is 6.24. The number of hydrogen-bond acceptors (Lipinski definition) is 6. The van der Waals surface area contributed by atoms with E-state index in [4.69, 9.17) is 4.42 Å². The second-order valence-electron chi connectivity index (χ2n) is 5.07. The lowest BCUT2D eigenvalue weighted by atomic mass is 10.1. The maximum Gasteiger partial charge on any atom is 0.367 e. The summed E-state index contributed by atoms with van der Waals surface area (Å²) >= 11 is 0. The van der Waals surface area contributed by atoms with Crippen LogP contribution >= 0.6 is 0 Å². The van der Waals surface area contributed by atoms with Gasteiger partial charge in [-0.2, -0.15) is 0 Å². The molecule has 2 aromatic rings. The van der Waals surface area contributed by atoms with Gasteiger partial charge in [0.05, 0.1) is 16.2 Å². The van der Waals surface area contributed by atoms with Gasteiger partial charge >= 0.3 is 5.97 Å². The summed E-state index contributed by atoms with van der Waals surface area (Å²) in [6, 6.07) is 7.95. The summed E-state index contributed by atoms with van der Waals surface area (Å²) < 4.78 is 5.68. The predicted octanol–water partition coefficient (Wildman–Crippen LogP) is 3.48. The number of aryl methyl sites for hydroxylation is 1. The molecule has 116 valence electrons. The number of nitro benzene ring substituents is 1. The molecule has 0 saturated carbocycles. The molecular weight excluding hydrogens is 300 g/mol. The van der Waals surface area contributed by atoms with Gasteiger partial charge in [0, 0.05) is 17.7 Å². The Kier molecular flexibility index (Phi) is 3.53. The molecule has 1 aliphatic heterocycles. The van der Waals surface area contributed by atoms with Crippen LogP contribution in [0.25, 0.3) is 17.4 Å². The Labute approximate surface area is 131 Å². The zero-order valence-corrected chi connectivity index (χ0v) is 12.4. The van der Waals surface area contributed by atoms with Crippen LogP contribution < -0.4 is 0 Å². The highest BCUT2D eigenvalue weighted by atomic mass is 16.7. The quantitative estimate of drug-likeness (QED) is 0.374. The molecule has 0 fully saturated rings. The van der Waals surface area contributed by atoms with Crippen molar-refractivity contribution < 1.29 is 19.0 Å². The molecule has 0 aliphatic carbocycles. The van der Waals surface area contributed by atoms with Crippen molar-refractivity contribution in [3.63, 3.8) is 0 Å². The molecule has 23 heavy (non-hydrogen) atoms. The summed E-state index contributed by atoms with van der Waals surface area (Å²) in [4.78, 5) is 26.5. The van der Waals surface area contributed by atoms with E-state index >= 15 is 0 Å². The van der Waals surface area contributed by atoms with E-state index in [1.54, 1.807) is 25.1 Å². The maximum atomic E-state index is 11.5. The number of benzene rings is 1. The van der Waals surface area contributed by atoms with Crippen LogP contribution in [-0.2, 0) is 9.63 Å². The van der Waals surface area contributed by atoms with Crippen molar-refractivity contribution in [2.45, 2.75) is 13.8 Å². The zero-order valence-electron chi connectivity index (χ0n) is 12.4. The molecule has 1 aromatic heterocycles. The smallest absolute Gasteiger partial charge is 0.367 e. The molecule has 0 amide bonds. The third-order valence-corrected chi connectivity index (χ3v) is 3.49. The maximum absolute atomic E-state index is 11.5. The van der Waals surface area contributed by atoms with Crippen LogP contribution in [0.4, 0.5) is 5.69 Å². The minimum Gasteiger partial charge on any atom is -0.457 e. The third-order valence-electron chi connectivity index (χ3n) is 3.49. The molecule has 0 unspecified atom stereocenters. The van der Waals surface area contributed by atoms with Crippen molar-refractivity contribution in [3.05, 3.63) is 57.3 Å². The van der Waals surface area contributed by atoms with Gasteiger partial charge in [0.1, 0.15) is 11.5 Å². The first-order valence-electron chi connectivity index (χ1n) is 6.79. The van der Waals surface area contributed by atoms with E-state index in [9.17, 15) is 14.9 Å². The minimum absolute atomic E-state index is 0.00995. The summed E-state index contributed by atoms with van der Waals surface area (Å²) in [5.41, 5.74) is 2.26. The molecule has 1 aromatic carbocycles. The molecule has 0 saturated heterocycles. The SMILES string of the molecule is CC1=NOC(=O)/C1=C\c1ccc(-c2cc([N+](=O)[O-])ccc2C)o1. The second kappa shape index (κ2) is 5.53. The summed E-state index contributed by atoms with van der Waals surface area (Å²) in [7, 11) is 0. The molecule has 7 nitrogen and oxygen atoms in total. The van der Waals surface area contributed by atoms with Gasteiger partial charge in [-0.25, -0.2) is 4.79 Å². The topological polar surface area (TPSA) is 94.9 Å². The predicted molar refractivity (Wildman–Crippen MR) is 82.7 cm³/mol. The van der Waals surface area contributed by atoms with Crippen LogP contribution in [-0.4, -0.2) is 16.6 Å². The van der Waals surface area contributed by atoms with E-state index in [1.165, 1.54) is 18.2 Å². The van der Waals surface area contributed by atoms with Gasteiger partial charge in [-0.15, -0.1) is 0 Å². The van der Waals surface area contributed by atoms with Gasteiger partial charge in [0.2, 0.25) is 0 Å². The second-order valence-corrected chi connectivity index (χ2v) is 5.07. The van der Waals surface area contributed by atoms with Crippen molar-refractivity contribution in [1.29, 1.82) is 0 Å². The van der Waals surface area contributed by atoms with Crippen LogP contribution in [0.3, 0.4) is 0 Å². The fraction of sp³-hybridized carbons (Fsp3) is 0.125. The van der Waals surface area contributed by atoms with Gasteiger partial charge in [-0.3, -0.25) is 10.1 Å². The third kappa shape index (κ3) is 2.76.